The summed E-state index contributed by atoms with van der Waals surface area (Å²) in [5.41, 5.74) is 3.82. The van der Waals surface area contributed by atoms with Crippen LogP contribution in [0.3, 0.4) is 0 Å². The molecular formula is C31H37N3O6. The van der Waals surface area contributed by atoms with Crippen LogP contribution in [0, 0.1) is 11.8 Å². The van der Waals surface area contributed by atoms with Gasteiger partial charge < -0.3 is 20.1 Å². The fraction of sp³-hybridized carbons (Fsp3) is 0.387. The van der Waals surface area contributed by atoms with Crippen LogP contribution < -0.4 is 5.32 Å². The number of hydrogen-bond donors (Lipinski definition) is 3. The molecule has 0 saturated carbocycles. The second-order valence-electron chi connectivity index (χ2n) is 9.98. The van der Waals surface area contributed by atoms with Crippen LogP contribution in [0.1, 0.15) is 50.8 Å². The first kappa shape index (κ1) is 30.3. The van der Waals surface area contributed by atoms with E-state index >= 15 is 0 Å². The molecule has 3 N–H and O–H groups in total. The standard InChI is InChI=1S/C31H37N3O6/c1-3-40-31(39)21(2)15-26(16-22-9-11-24(12-10-22)23-7-5-4-6-8-23)34-29(36)14-13-28(35)18-25(30(37)38)17-27-19-32-20-33-27/h4-12,19-21,25-26H,3,13-18H2,1-2H3,(H,32,33)(H,34,36)(H,37,38)/t21-,25-,26+/m1/s1. The lowest BCUT2D eigenvalue weighted by atomic mass is 9.94. The number of esters is 1. The van der Waals surface area contributed by atoms with Crippen LogP contribution in [0.2, 0.25) is 0 Å². The van der Waals surface area contributed by atoms with Crippen molar-refractivity contribution < 1.29 is 29.0 Å². The average molecular weight is 548 g/mol. The molecule has 2 aromatic carbocycles. The van der Waals surface area contributed by atoms with Crippen molar-refractivity contribution in [2.24, 2.45) is 11.8 Å². The molecule has 212 valence electrons. The van der Waals surface area contributed by atoms with Gasteiger partial charge in [-0.1, -0.05) is 61.5 Å². The highest BCUT2D eigenvalue weighted by Crippen LogP contribution is 2.21. The molecule has 0 radical (unpaired) electrons. The third-order valence-corrected chi connectivity index (χ3v) is 6.71. The maximum absolute atomic E-state index is 12.8. The molecule has 3 atom stereocenters. The van der Waals surface area contributed by atoms with Gasteiger partial charge in [-0.05, 0) is 36.5 Å². The second kappa shape index (κ2) is 15.4. The minimum atomic E-state index is -1.07. The molecule has 3 aromatic rings. The van der Waals surface area contributed by atoms with Gasteiger partial charge in [-0.25, -0.2) is 4.98 Å². The number of carboxylic acids is 1. The van der Waals surface area contributed by atoms with Gasteiger partial charge in [0.25, 0.3) is 0 Å². The number of nitrogens with zero attached hydrogens (tertiary/aromatic N) is 1. The zero-order valence-corrected chi connectivity index (χ0v) is 23.0. The summed E-state index contributed by atoms with van der Waals surface area (Å²) in [6.07, 6.45) is 3.73. The monoisotopic (exact) mass is 547 g/mol. The first-order valence-corrected chi connectivity index (χ1v) is 13.6. The van der Waals surface area contributed by atoms with E-state index in [0.717, 1.165) is 16.7 Å². The van der Waals surface area contributed by atoms with E-state index in [-0.39, 0.29) is 56.0 Å². The Morgan fingerprint density at radius 2 is 1.68 bits per heavy atom. The number of nitrogens with one attached hydrogen (secondary N) is 2. The molecule has 0 aliphatic heterocycles. The summed E-state index contributed by atoms with van der Waals surface area (Å²) in [4.78, 5) is 56.0. The van der Waals surface area contributed by atoms with Crippen molar-refractivity contribution in [2.45, 2.75) is 58.4 Å². The maximum Gasteiger partial charge on any atom is 0.308 e. The fourth-order valence-corrected chi connectivity index (χ4v) is 4.59. The number of aromatic amines is 1. The Morgan fingerprint density at radius 1 is 0.975 bits per heavy atom. The van der Waals surface area contributed by atoms with Crippen molar-refractivity contribution in [3.63, 3.8) is 0 Å². The van der Waals surface area contributed by atoms with E-state index in [1.165, 1.54) is 12.5 Å². The highest BCUT2D eigenvalue weighted by Gasteiger charge is 2.24. The molecule has 0 aliphatic rings. The lowest BCUT2D eigenvalue weighted by Gasteiger charge is -2.22. The molecule has 0 unspecified atom stereocenters. The van der Waals surface area contributed by atoms with Gasteiger partial charge in [0.1, 0.15) is 5.78 Å². The Morgan fingerprint density at radius 3 is 2.30 bits per heavy atom. The largest absolute Gasteiger partial charge is 0.481 e. The number of hydrogen-bond acceptors (Lipinski definition) is 6. The van der Waals surface area contributed by atoms with Gasteiger partial charge in [0.05, 0.1) is 24.8 Å². The number of ether oxygens (including phenoxy) is 1. The summed E-state index contributed by atoms with van der Waals surface area (Å²) < 4.78 is 5.15. The van der Waals surface area contributed by atoms with Crippen LogP contribution >= 0.6 is 0 Å². The highest BCUT2D eigenvalue weighted by atomic mass is 16.5. The summed E-state index contributed by atoms with van der Waals surface area (Å²) in [5, 5.41) is 12.5. The highest BCUT2D eigenvalue weighted by molar-refractivity contribution is 5.87. The predicted octanol–water partition coefficient (Wildman–Crippen LogP) is 4.38. The molecule has 9 nitrogen and oxygen atoms in total. The number of carboxylic acid groups (broad SMARTS) is 1. The van der Waals surface area contributed by atoms with E-state index in [1.807, 2.05) is 54.6 Å². The summed E-state index contributed by atoms with van der Waals surface area (Å²) in [6, 6.07) is 17.7. The van der Waals surface area contributed by atoms with E-state index < -0.39 is 17.8 Å². The first-order valence-electron chi connectivity index (χ1n) is 13.6. The van der Waals surface area contributed by atoms with E-state index in [2.05, 4.69) is 15.3 Å². The summed E-state index contributed by atoms with van der Waals surface area (Å²) in [5.74, 6) is -3.33. The third kappa shape index (κ3) is 9.80. The second-order valence-corrected chi connectivity index (χ2v) is 9.98. The van der Waals surface area contributed by atoms with Crippen LogP contribution in [0.5, 0.6) is 0 Å². The smallest absolute Gasteiger partial charge is 0.308 e. The van der Waals surface area contributed by atoms with Gasteiger partial charge in [0.15, 0.2) is 0 Å². The Bertz CT molecular complexity index is 1240. The molecule has 0 fully saturated rings. The Labute approximate surface area is 234 Å². The normalized spacial score (nSPS) is 13.2. The zero-order valence-electron chi connectivity index (χ0n) is 23.0. The van der Waals surface area contributed by atoms with E-state index in [9.17, 15) is 24.3 Å². The number of aromatic nitrogens is 2. The topological polar surface area (TPSA) is 138 Å². The number of rotatable bonds is 16. The molecule has 9 heteroatoms. The van der Waals surface area contributed by atoms with E-state index in [4.69, 9.17) is 4.74 Å². The minimum absolute atomic E-state index is 0.0630. The number of aliphatic carboxylic acids is 1. The summed E-state index contributed by atoms with van der Waals surface area (Å²) >= 11 is 0. The van der Waals surface area contributed by atoms with Crippen LogP contribution in [0.15, 0.2) is 67.1 Å². The molecule has 0 bridgehead atoms. The third-order valence-electron chi connectivity index (χ3n) is 6.71. The number of benzene rings is 2. The lowest BCUT2D eigenvalue weighted by molar-refractivity contribution is -0.148. The molecule has 0 saturated heterocycles. The molecule has 40 heavy (non-hydrogen) atoms. The van der Waals surface area contributed by atoms with Crippen LogP contribution in [-0.4, -0.2) is 51.4 Å². The molecule has 1 heterocycles. The predicted molar refractivity (Wildman–Crippen MR) is 150 cm³/mol. The average Bonchev–Trinajstić information content (AvgIpc) is 3.46. The van der Waals surface area contributed by atoms with Crippen molar-refractivity contribution in [2.75, 3.05) is 6.61 Å². The van der Waals surface area contributed by atoms with Gasteiger partial charge >= 0.3 is 11.9 Å². The van der Waals surface area contributed by atoms with Gasteiger partial charge in [-0.15, -0.1) is 0 Å². The van der Waals surface area contributed by atoms with Gasteiger partial charge in [-0.3, -0.25) is 19.2 Å². The number of Topliss-reactive ketones (excluding diaryl/α,β-unsaturated/α-hetero) is 1. The molecule has 1 amide bonds. The number of carbonyl (C=O) groups excluding carboxylic acids is 3. The van der Waals surface area contributed by atoms with E-state index in [0.29, 0.717) is 18.5 Å². The van der Waals surface area contributed by atoms with Gasteiger partial charge in [-0.2, -0.15) is 0 Å². The van der Waals surface area contributed by atoms with Crippen molar-refractivity contribution in [3.8, 4) is 11.1 Å². The van der Waals surface area contributed by atoms with E-state index in [1.54, 1.807) is 13.8 Å². The minimum Gasteiger partial charge on any atom is -0.481 e. The van der Waals surface area contributed by atoms with Gasteiger partial charge in [0, 0.05) is 43.6 Å². The summed E-state index contributed by atoms with van der Waals surface area (Å²) in [7, 11) is 0. The van der Waals surface area contributed by atoms with Crippen LogP contribution in [-0.2, 0) is 36.8 Å². The molecule has 0 spiro atoms. The number of H-pyrrole nitrogens is 1. The zero-order chi connectivity index (χ0) is 28.9. The van der Waals surface area contributed by atoms with Crippen LogP contribution in [0.25, 0.3) is 11.1 Å². The van der Waals surface area contributed by atoms with Crippen molar-refractivity contribution in [1.29, 1.82) is 0 Å². The van der Waals surface area contributed by atoms with Gasteiger partial charge in [0.2, 0.25) is 5.91 Å². The summed E-state index contributed by atoms with van der Waals surface area (Å²) in [6.45, 7) is 3.80. The molecule has 0 aliphatic carbocycles. The number of imidazole rings is 1. The lowest BCUT2D eigenvalue weighted by Crippen LogP contribution is -2.39. The first-order chi connectivity index (χ1) is 19.2. The van der Waals surface area contributed by atoms with Crippen LogP contribution in [0.4, 0.5) is 0 Å². The number of carbonyl (C=O) groups is 4. The number of amides is 1. The SMILES string of the molecule is CCOC(=O)[C@H](C)C[C@@H](Cc1ccc(-c2ccccc2)cc1)NC(=O)CCC(=O)C[C@@H](Cc1cnc[nH]1)C(=O)O. The Balaban J connectivity index is 1.59. The maximum atomic E-state index is 12.8. The Kier molecular flexibility index (Phi) is 11.6. The molecular weight excluding hydrogens is 510 g/mol. The fourth-order valence-electron chi connectivity index (χ4n) is 4.59. The van der Waals surface area contributed by atoms with Crippen molar-refractivity contribution in [1.82, 2.24) is 15.3 Å². The van der Waals surface area contributed by atoms with Crippen molar-refractivity contribution >= 4 is 23.6 Å². The van der Waals surface area contributed by atoms with Crippen molar-refractivity contribution in [3.05, 3.63) is 78.4 Å². The molecule has 3 rings (SSSR count). The molecule has 1 aromatic heterocycles. The number of ketones is 1. The Hall–Kier alpha value is -4.27. The quantitative estimate of drug-likeness (QED) is 0.226.